The minimum Gasteiger partial charge on any atom is -0.398 e. The van der Waals surface area contributed by atoms with Crippen LogP contribution in [0.25, 0.3) is 77.6 Å². The molecule has 0 spiro atoms. The topological polar surface area (TPSA) is 844 Å². The van der Waals surface area contributed by atoms with Crippen molar-refractivity contribution in [1.29, 1.82) is 0 Å². The van der Waals surface area contributed by atoms with Crippen molar-refractivity contribution < 1.29 is 72.1 Å². The van der Waals surface area contributed by atoms with Crippen LogP contribution in [0.3, 0.4) is 0 Å². The van der Waals surface area contributed by atoms with Gasteiger partial charge < -0.3 is 64.5 Å². The van der Waals surface area contributed by atoms with Gasteiger partial charge >= 0.3 is 0 Å². The highest BCUT2D eigenvalue weighted by Gasteiger charge is 2.41. The molecule has 3 atom stereocenters. The predicted octanol–water partition coefficient (Wildman–Crippen LogP) is 0.949. The van der Waals surface area contributed by atoms with Crippen molar-refractivity contribution >= 4 is 166 Å². The SMILES string of the molecule is CCCNS(=O)(=O)c1ccc(-c2cccc(C(=O)NCCN)c2N)c(C2=NCN=N2)c1S(N)(=O)=O.Cn1c(N)nc2c(-c3ccc(S(=O)(=O)N[C@@H]4CCNC4)c(S(N)(=O)=O)c3C3=NCN=N3)cccc21.Nc1nc2c(-c3ccc(S(=O)(=O)N[C@@H]4CCNC4)c(S(N)(=O)=O)c3C3=NCN=N3)cccc2[nH]1.Nc1nc2c(-c3ccc(S(=O)(=O)N[C@H]4CCNC4)c(S(N)(=O)=O)c3C3=NCN=N3)cccc2[nH]1. The number of carbonyl (C=O) groups excluding carboxylic acids is 1. The first kappa shape index (κ1) is 99.5. The molecule has 728 valence electrons. The average molecular weight is 2050 g/mol. The van der Waals surface area contributed by atoms with Crippen LogP contribution >= 0.6 is 0 Å². The van der Waals surface area contributed by atoms with Crippen molar-refractivity contribution in [2.75, 3.05) is 109 Å². The van der Waals surface area contributed by atoms with Crippen LogP contribution in [0, 0.1) is 0 Å². The third-order valence-corrected chi connectivity index (χ3v) is 32.8. The largest absolute Gasteiger partial charge is 0.398 e. The Morgan fingerprint density at radius 1 is 0.406 bits per heavy atom. The van der Waals surface area contributed by atoms with Crippen LogP contribution in [-0.2, 0) is 87.2 Å². The molecule has 52 nitrogen and oxygen atoms in total. The van der Waals surface area contributed by atoms with Gasteiger partial charge in [-0.25, -0.2) is 142 Å². The Morgan fingerprint density at radius 3 is 1.07 bits per heavy atom. The number of hydrogen-bond acceptors (Lipinski definition) is 40. The third kappa shape index (κ3) is 20.9. The number of aliphatic imine (C=N–C) groups is 4. The van der Waals surface area contributed by atoms with E-state index in [1.807, 2.05) is 6.07 Å². The van der Waals surface area contributed by atoms with Gasteiger partial charge in [0.05, 0.1) is 66.6 Å². The summed E-state index contributed by atoms with van der Waals surface area (Å²) in [4.78, 5) is 43.5. The molecule has 60 heteroatoms. The third-order valence-electron chi connectivity index (χ3n) is 22.1. The first-order valence-electron chi connectivity index (χ1n) is 41.7. The van der Waals surface area contributed by atoms with E-state index in [0.29, 0.717) is 131 Å². The number of para-hydroxylation sites is 4. The van der Waals surface area contributed by atoms with Crippen molar-refractivity contribution in [3.8, 4) is 44.5 Å². The number of hydrogen-bond donors (Lipinski definition) is 19. The van der Waals surface area contributed by atoms with E-state index >= 15 is 0 Å². The van der Waals surface area contributed by atoms with E-state index in [-0.39, 0.29) is 150 Å². The number of azo groups is 4. The number of nitrogens with one attached hydrogen (secondary N) is 10. The number of amides is 1. The molecule has 0 saturated carbocycles. The van der Waals surface area contributed by atoms with Crippen LogP contribution in [0.4, 0.5) is 23.5 Å². The van der Waals surface area contributed by atoms with Crippen molar-refractivity contribution in [3.05, 3.63) is 149 Å². The van der Waals surface area contributed by atoms with Crippen LogP contribution in [0.2, 0.25) is 0 Å². The van der Waals surface area contributed by atoms with E-state index in [1.54, 1.807) is 79.2 Å². The van der Waals surface area contributed by atoms with E-state index in [2.05, 4.69) is 126 Å². The molecule has 3 aromatic heterocycles. The van der Waals surface area contributed by atoms with Crippen molar-refractivity contribution in [2.45, 2.75) is 89.9 Å². The average Bonchev–Trinajstić information content (AvgIpc) is 1.36. The minimum atomic E-state index is -4.63. The number of amidine groups is 4. The molecule has 0 unspecified atom stereocenters. The van der Waals surface area contributed by atoms with E-state index in [4.69, 9.17) is 49.2 Å². The van der Waals surface area contributed by atoms with Crippen LogP contribution in [0.5, 0.6) is 0 Å². The summed E-state index contributed by atoms with van der Waals surface area (Å²) in [5.41, 5.74) is 35.4. The van der Waals surface area contributed by atoms with Gasteiger partial charge in [0.15, 0.2) is 61.9 Å². The summed E-state index contributed by atoms with van der Waals surface area (Å²) < 4.78 is 220. The van der Waals surface area contributed by atoms with E-state index in [1.165, 1.54) is 48.5 Å². The van der Waals surface area contributed by atoms with Gasteiger partial charge in [-0.15, -0.1) is 20.5 Å². The molecule has 0 bridgehead atoms. The van der Waals surface area contributed by atoms with Gasteiger partial charge in [0.2, 0.25) is 86.1 Å². The molecular weight excluding hydrogens is 1960 g/mol. The molecule has 138 heavy (non-hydrogen) atoms. The summed E-state index contributed by atoms with van der Waals surface area (Å²) >= 11 is 0. The summed E-state index contributed by atoms with van der Waals surface area (Å²) in [5, 5.41) is 65.1. The van der Waals surface area contributed by atoms with Crippen molar-refractivity contribution in [2.24, 2.45) is 94.2 Å². The van der Waals surface area contributed by atoms with Gasteiger partial charge in [0.25, 0.3) is 5.91 Å². The number of aromatic amines is 2. The van der Waals surface area contributed by atoms with Gasteiger partial charge in [-0.05, 0) is 116 Å². The Bertz CT molecular complexity index is 7810. The quantitative estimate of drug-likeness (QED) is 0.0304. The first-order chi connectivity index (χ1) is 65.4. The molecule has 11 aromatic rings. The molecule has 28 N–H and O–H groups in total. The maximum absolute atomic E-state index is 13.3. The number of nitrogens with two attached hydrogens (primary N) is 9. The smallest absolute Gasteiger partial charge is 0.253 e. The van der Waals surface area contributed by atoms with Gasteiger partial charge in [0.1, 0.15) is 39.2 Å². The number of H-pyrrole nitrogens is 2. The number of fused-ring (bicyclic) bond motifs is 3. The minimum absolute atomic E-state index is 0.0253. The molecule has 7 aliphatic heterocycles. The highest BCUT2D eigenvalue weighted by molar-refractivity contribution is 7.94. The lowest BCUT2D eigenvalue weighted by Gasteiger charge is -2.19. The zero-order valence-electron chi connectivity index (χ0n) is 72.9. The lowest BCUT2D eigenvalue weighted by Crippen LogP contribution is -2.37. The second-order valence-corrected chi connectivity index (χ2v) is 44.2. The number of nitrogen functional groups attached to an aromatic ring is 4. The standard InChI is InChI=1S/C20H23N9O4S2.C20H26N8O5S2.2C19H21N9O4S2/c1-29-14-4-2-3-13(17(14)26-20(29)21)12-5-6-15(35(32,33)28-11-7-8-23-9-11)18(34(22,30)31)16(12)19-24-10-25-27-19;1-2-9-27-35(32,33)15-7-6-12(16(18(15)34(23,30)31)19-25-11-26-28-19)13-4-3-5-14(17(13)22)20(29)24-10-8-21;2*20-19-25-13-3-1-2-12(16(13)26-19)11-4-5-14(34(31,32)28-10-6-7-22-8-10)17(33(21,29)30)15(11)18-23-9-24-27-18/h2-6,11,23,28H,7-10H2,1H3,(H2,21,26)(H2,22,30,31);3-7,27H,2,8-11,21-22H2,1H3,(H,24,29)(H2,23,30,31);2*1-5,10,22,28H,6-9H2,(H3,20,25,26)(H2,21,29,30)/t11-;;2*10-/m1.10/s1. The number of imidazole rings is 3. The van der Waals surface area contributed by atoms with Crippen LogP contribution in [-0.4, -0.2) is 230 Å². The summed E-state index contributed by atoms with van der Waals surface area (Å²) in [6, 6.07) is 29.7. The van der Waals surface area contributed by atoms with Gasteiger partial charge in [0, 0.05) is 86.7 Å². The fraction of sp³-hybridized carbons (Fsp3) is 0.282. The lowest BCUT2D eigenvalue weighted by atomic mass is 9.95. The zero-order chi connectivity index (χ0) is 98.9. The number of primary sulfonamides is 4. The number of benzene rings is 8. The normalized spacial score (nSPS) is 17.3. The summed E-state index contributed by atoms with van der Waals surface area (Å²) in [5.74, 6) is -0.142. The van der Waals surface area contributed by atoms with Gasteiger partial charge in [-0.1, -0.05) is 79.7 Å². The van der Waals surface area contributed by atoms with Crippen LogP contribution in [0.1, 0.15) is 65.2 Å². The second kappa shape index (κ2) is 39.9. The predicted molar refractivity (Wildman–Crippen MR) is 511 cm³/mol. The highest BCUT2D eigenvalue weighted by Crippen LogP contribution is 2.44. The molecule has 18 rings (SSSR count). The van der Waals surface area contributed by atoms with Crippen molar-refractivity contribution in [1.82, 2.24) is 69.6 Å². The molecule has 3 fully saturated rings. The molecule has 7 aliphatic rings. The Balaban J connectivity index is 0.000000140. The number of carbonyl (C=O) groups is 1. The zero-order valence-corrected chi connectivity index (χ0v) is 79.4. The molecule has 3 saturated heterocycles. The molecule has 0 aliphatic carbocycles. The molecular formula is C78H91N35O17S8. The molecule has 10 heterocycles. The molecule has 8 aromatic carbocycles. The Hall–Kier alpha value is -13.0. The number of aromatic nitrogens is 6. The van der Waals surface area contributed by atoms with Crippen LogP contribution in [0.15, 0.2) is 221 Å². The fourth-order valence-corrected chi connectivity index (χ4v) is 27.5. The maximum Gasteiger partial charge on any atom is 0.253 e. The highest BCUT2D eigenvalue weighted by atomic mass is 32.2. The maximum atomic E-state index is 13.3. The Labute approximate surface area is 788 Å². The summed E-state index contributed by atoms with van der Waals surface area (Å²) in [6.07, 6.45) is 2.18. The van der Waals surface area contributed by atoms with E-state index < -0.39 is 125 Å². The molecule has 1 amide bonds. The number of sulfonamides is 8. The number of anilines is 4. The van der Waals surface area contributed by atoms with Crippen molar-refractivity contribution in [3.63, 3.8) is 0 Å². The van der Waals surface area contributed by atoms with Gasteiger partial charge in [-0.3, -0.25) is 4.79 Å². The van der Waals surface area contributed by atoms with E-state index in [0.717, 1.165) is 6.07 Å². The fourth-order valence-electron chi connectivity index (χ4n) is 16.1. The Kier molecular flexibility index (Phi) is 28.7. The second-order valence-electron chi connectivity index (χ2n) is 31.4. The van der Waals surface area contributed by atoms with Crippen LogP contribution < -0.4 is 89.4 Å². The van der Waals surface area contributed by atoms with Gasteiger partial charge in [-0.2, -0.15) is 20.5 Å². The first-order valence-corrected chi connectivity index (χ1v) is 53.8. The summed E-state index contributed by atoms with van der Waals surface area (Å²) in [7, 11) is -33.7. The number of aryl methyl sites for hydroxylation is 1. The Morgan fingerprint density at radius 2 is 0.739 bits per heavy atom. The lowest BCUT2D eigenvalue weighted by molar-refractivity contribution is 0.0955. The summed E-state index contributed by atoms with van der Waals surface area (Å²) in [6.45, 7) is 5.34. The monoisotopic (exact) mass is 2050 g/mol. The van der Waals surface area contributed by atoms with E-state index in [9.17, 15) is 72.1 Å². The molecule has 0 radical (unpaired) electrons. The number of nitrogens with zero attached hydrogens (tertiary/aromatic N) is 16. The number of rotatable bonds is 28.